The lowest BCUT2D eigenvalue weighted by Crippen LogP contribution is -2.43. The van der Waals surface area contributed by atoms with E-state index >= 15 is 0 Å². The second-order valence-corrected chi connectivity index (χ2v) is 4.26. The molecule has 2 unspecified atom stereocenters. The van der Waals surface area contributed by atoms with Crippen molar-refractivity contribution in [3.8, 4) is 0 Å². The van der Waals surface area contributed by atoms with Crippen LogP contribution in [0.25, 0.3) is 10.4 Å². The Morgan fingerprint density at radius 2 is 1.86 bits per heavy atom. The van der Waals surface area contributed by atoms with Crippen molar-refractivity contribution in [1.29, 1.82) is 0 Å². The van der Waals surface area contributed by atoms with Crippen molar-refractivity contribution in [2.45, 2.75) is 46.4 Å². The van der Waals surface area contributed by atoms with Crippen LogP contribution in [0.3, 0.4) is 0 Å². The summed E-state index contributed by atoms with van der Waals surface area (Å²) in [5.74, 6) is 1.40. The quantitative estimate of drug-likeness (QED) is 0.380. The highest BCUT2D eigenvalue weighted by molar-refractivity contribution is 4.84. The smallest absolute Gasteiger partial charge is 0.139 e. The van der Waals surface area contributed by atoms with Gasteiger partial charge in [-0.1, -0.05) is 32.8 Å². The summed E-state index contributed by atoms with van der Waals surface area (Å²) in [5, 5.41) is 3.71. The molecule has 0 saturated carbocycles. The molecule has 1 saturated heterocycles. The van der Waals surface area contributed by atoms with Crippen LogP contribution in [-0.2, 0) is 4.74 Å². The minimum atomic E-state index is -0.281. The van der Waals surface area contributed by atoms with Gasteiger partial charge in [0.15, 0.2) is 0 Å². The Balaban J connectivity index is 2.77. The zero-order valence-electron chi connectivity index (χ0n) is 9.34. The number of hydrogen-bond acceptors (Lipinski definition) is 2. The summed E-state index contributed by atoms with van der Waals surface area (Å²) < 4.78 is 5.75. The molecular formula is C10H19N3O. The SMILES string of the molecule is CCC1O[C@H](N=[N+]=[N-])C(C)[C@@H](C)[C@@H]1C. The molecule has 1 aliphatic heterocycles. The van der Waals surface area contributed by atoms with Crippen LogP contribution >= 0.6 is 0 Å². The third-order valence-corrected chi connectivity index (χ3v) is 3.58. The van der Waals surface area contributed by atoms with E-state index in [-0.39, 0.29) is 12.3 Å². The molecule has 4 nitrogen and oxygen atoms in total. The molecule has 0 bridgehead atoms. The first kappa shape index (κ1) is 11.3. The van der Waals surface area contributed by atoms with Crippen LogP contribution in [-0.4, -0.2) is 12.3 Å². The molecule has 1 aliphatic rings. The minimum Gasteiger partial charge on any atom is -0.368 e. The molecule has 0 N–H and O–H groups in total. The normalized spacial score (nSPS) is 43.0. The van der Waals surface area contributed by atoms with E-state index in [0.717, 1.165) is 6.42 Å². The molecule has 0 aliphatic carbocycles. The fraction of sp³-hybridized carbons (Fsp3) is 1.00. The predicted molar refractivity (Wildman–Crippen MR) is 55.6 cm³/mol. The molecule has 0 amide bonds. The summed E-state index contributed by atoms with van der Waals surface area (Å²) in [4.78, 5) is 2.84. The molecule has 5 atom stereocenters. The first-order valence-electron chi connectivity index (χ1n) is 5.31. The van der Waals surface area contributed by atoms with Gasteiger partial charge in [-0.3, -0.25) is 0 Å². The Bertz CT molecular complexity index is 236. The molecule has 0 aromatic carbocycles. The third-order valence-electron chi connectivity index (χ3n) is 3.58. The average Bonchev–Trinajstić information content (AvgIpc) is 2.19. The van der Waals surface area contributed by atoms with Crippen LogP contribution in [0.2, 0.25) is 0 Å². The standard InChI is InChI=1S/C10H19N3O/c1-5-9-7(3)6(2)8(4)10(14-9)12-13-11/h6-10H,5H2,1-4H3/t6-,7-,8?,9?,10-/m0/s1. The van der Waals surface area contributed by atoms with E-state index in [1.165, 1.54) is 0 Å². The molecule has 0 aromatic rings. The highest BCUT2D eigenvalue weighted by Gasteiger charge is 2.37. The maximum atomic E-state index is 8.43. The molecule has 1 heterocycles. The van der Waals surface area contributed by atoms with E-state index in [2.05, 4.69) is 37.7 Å². The number of hydrogen-bond donors (Lipinski definition) is 0. The monoisotopic (exact) mass is 197 g/mol. The van der Waals surface area contributed by atoms with Crippen molar-refractivity contribution >= 4 is 0 Å². The van der Waals surface area contributed by atoms with Crippen LogP contribution in [0.4, 0.5) is 0 Å². The summed E-state index contributed by atoms with van der Waals surface area (Å²) in [5.41, 5.74) is 8.43. The minimum absolute atomic E-state index is 0.233. The Labute approximate surface area is 85.3 Å². The lowest BCUT2D eigenvalue weighted by Gasteiger charge is -2.41. The highest BCUT2D eigenvalue weighted by atomic mass is 16.5. The van der Waals surface area contributed by atoms with E-state index in [1.54, 1.807) is 0 Å². The van der Waals surface area contributed by atoms with Gasteiger partial charge in [-0.2, -0.15) is 0 Å². The molecule has 4 heteroatoms. The second-order valence-electron chi connectivity index (χ2n) is 4.26. The molecule has 80 valence electrons. The lowest BCUT2D eigenvalue weighted by atomic mass is 9.78. The van der Waals surface area contributed by atoms with Crippen molar-refractivity contribution < 1.29 is 4.74 Å². The molecule has 14 heavy (non-hydrogen) atoms. The topological polar surface area (TPSA) is 58.0 Å². The summed E-state index contributed by atoms with van der Waals surface area (Å²) in [6, 6.07) is 0. The summed E-state index contributed by atoms with van der Waals surface area (Å²) in [6.07, 6.45) is 0.934. The van der Waals surface area contributed by atoms with Gasteiger partial charge in [0.25, 0.3) is 0 Å². The number of rotatable bonds is 2. The van der Waals surface area contributed by atoms with Gasteiger partial charge in [0, 0.05) is 4.91 Å². The van der Waals surface area contributed by atoms with E-state index in [4.69, 9.17) is 10.3 Å². The van der Waals surface area contributed by atoms with Gasteiger partial charge in [0.2, 0.25) is 0 Å². The van der Waals surface area contributed by atoms with Gasteiger partial charge < -0.3 is 4.74 Å². The van der Waals surface area contributed by atoms with Crippen molar-refractivity contribution in [1.82, 2.24) is 0 Å². The maximum absolute atomic E-state index is 8.43. The van der Waals surface area contributed by atoms with E-state index < -0.39 is 0 Å². The Hall–Kier alpha value is -0.730. The second kappa shape index (κ2) is 4.67. The Kier molecular flexibility index (Phi) is 3.78. The van der Waals surface area contributed by atoms with Crippen molar-refractivity contribution in [3.05, 3.63) is 10.4 Å². The van der Waals surface area contributed by atoms with Crippen LogP contribution in [0.15, 0.2) is 5.11 Å². The van der Waals surface area contributed by atoms with Crippen LogP contribution in [0.1, 0.15) is 34.1 Å². The summed E-state index contributed by atoms with van der Waals surface area (Å²) in [7, 11) is 0. The van der Waals surface area contributed by atoms with Gasteiger partial charge >= 0.3 is 0 Å². The average molecular weight is 197 g/mol. The zero-order chi connectivity index (χ0) is 10.7. The molecule has 0 spiro atoms. The van der Waals surface area contributed by atoms with E-state index in [1.807, 2.05) is 0 Å². The first-order chi connectivity index (χ1) is 6.61. The largest absolute Gasteiger partial charge is 0.368 e. The van der Waals surface area contributed by atoms with Crippen molar-refractivity contribution in [2.24, 2.45) is 22.9 Å². The Morgan fingerprint density at radius 1 is 1.21 bits per heavy atom. The van der Waals surface area contributed by atoms with Gasteiger partial charge in [-0.15, -0.1) is 0 Å². The predicted octanol–water partition coefficient (Wildman–Crippen LogP) is 3.34. The van der Waals surface area contributed by atoms with Gasteiger partial charge in [0.05, 0.1) is 6.10 Å². The first-order valence-corrected chi connectivity index (χ1v) is 5.31. The summed E-state index contributed by atoms with van der Waals surface area (Å²) >= 11 is 0. The van der Waals surface area contributed by atoms with E-state index in [0.29, 0.717) is 17.8 Å². The zero-order valence-corrected chi connectivity index (χ0v) is 9.34. The summed E-state index contributed by atoms with van der Waals surface area (Å²) in [6.45, 7) is 8.62. The molecular weight excluding hydrogens is 178 g/mol. The van der Waals surface area contributed by atoms with E-state index in [9.17, 15) is 0 Å². The van der Waals surface area contributed by atoms with Crippen LogP contribution in [0.5, 0.6) is 0 Å². The fourth-order valence-electron chi connectivity index (χ4n) is 2.16. The van der Waals surface area contributed by atoms with Gasteiger partial charge in [-0.05, 0) is 29.7 Å². The van der Waals surface area contributed by atoms with Crippen molar-refractivity contribution in [3.63, 3.8) is 0 Å². The van der Waals surface area contributed by atoms with Crippen molar-refractivity contribution in [2.75, 3.05) is 0 Å². The van der Waals surface area contributed by atoms with Crippen LogP contribution in [0, 0.1) is 17.8 Å². The lowest BCUT2D eigenvalue weighted by molar-refractivity contribution is -0.130. The van der Waals surface area contributed by atoms with Gasteiger partial charge in [0.1, 0.15) is 6.23 Å². The molecule has 0 aromatic heterocycles. The highest BCUT2D eigenvalue weighted by Crippen LogP contribution is 2.36. The fourth-order valence-corrected chi connectivity index (χ4v) is 2.16. The maximum Gasteiger partial charge on any atom is 0.139 e. The molecule has 0 radical (unpaired) electrons. The Morgan fingerprint density at radius 3 is 2.36 bits per heavy atom. The number of ether oxygens (including phenoxy) is 1. The van der Waals surface area contributed by atoms with Gasteiger partial charge in [-0.25, -0.2) is 0 Å². The number of azide groups is 1. The third kappa shape index (κ3) is 2.02. The molecule has 1 fully saturated rings. The van der Waals surface area contributed by atoms with Crippen LogP contribution < -0.4 is 0 Å². The number of nitrogens with zero attached hydrogens (tertiary/aromatic N) is 3. The molecule has 1 rings (SSSR count).